The van der Waals surface area contributed by atoms with E-state index in [2.05, 4.69) is 5.32 Å². The Kier molecular flexibility index (Phi) is 6.47. The van der Waals surface area contributed by atoms with Crippen LogP contribution in [0.2, 0.25) is 10.0 Å². The Bertz CT molecular complexity index is 410. The third kappa shape index (κ3) is 4.84. The van der Waals surface area contributed by atoms with Crippen molar-refractivity contribution in [1.82, 2.24) is 10.2 Å². The molecule has 1 amide bonds. The molecule has 3 nitrogen and oxygen atoms in total. The number of halogens is 2. The largest absolute Gasteiger partial charge is 0.344 e. The summed E-state index contributed by atoms with van der Waals surface area (Å²) in [5, 5.41) is 4.09. The van der Waals surface area contributed by atoms with Crippen LogP contribution in [0.1, 0.15) is 12.0 Å². The van der Waals surface area contributed by atoms with Crippen LogP contribution in [-0.2, 0) is 11.2 Å². The molecule has 100 valence electrons. The van der Waals surface area contributed by atoms with Gasteiger partial charge < -0.3 is 10.2 Å². The highest BCUT2D eigenvalue weighted by Gasteiger charge is 2.08. The first kappa shape index (κ1) is 15.3. The van der Waals surface area contributed by atoms with E-state index < -0.39 is 0 Å². The molecular weight excluding hydrogens is 271 g/mol. The zero-order valence-electron chi connectivity index (χ0n) is 10.7. The fourth-order valence-electron chi connectivity index (χ4n) is 1.54. The van der Waals surface area contributed by atoms with Gasteiger partial charge in [0.1, 0.15) is 0 Å². The molecule has 0 aliphatic carbocycles. The molecule has 0 aliphatic heterocycles. The van der Waals surface area contributed by atoms with Gasteiger partial charge in [-0.15, -0.1) is 0 Å². The van der Waals surface area contributed by atoms with Gasteiger partial charge in [0.2, 0.25) is 5.91 Å². The maximum Gasteiger partial charge on any atom is 0.222 e. The van der Waals surface area contributed by atoms with Crippen LogP contribution in [-0.4, -0.2) is 38.0 Å². The molecule has 0 bridgehead atoms. The first-order chi connectivity index (χ1) is 8.54. The van der Waals surface area contributed by atoms with Crippen molar-refractivity contribution >= 4 is 29.1 Å². The number of hydrogen-bond acceptors (Lipinski definition) is 2. The van der Waals surface area contributed by atoms with Crippen LogP contribution >= 0.6 is 23.2 Å². The van der Waals surface area contributed by atoms with E-state index in [1.165, 1.54) is 0 Å². The maximum atomic E-state index is 11.8. The minimum Gasteiger partial charge on any atom is -0.344 e. The predicted octanol–water partition coefficient (Wildman–Crippen LogP) is 2.60. The lowest BCUT2D eigenvalue weighted by Crippen LogP contribution is -2.32. The number of nitrogens with zero attached hydrogens (tertiary/aromatic N) is 1. The lowest BCUT2D eigenvalue weighted by molar-refractivity contribution is -0.129. The van der Waals surface area contributed by atoms with Crippen molar-refractivity contribution in [3.05, 3.63) is 33.8 Å². The monoisotopic (exact) mass is 288 g/mol. The molecular formula is C13H18Cl2N2O. The van der Waals surface area contributed by atoms with E-state index in [0.29, 0.717) is 22.9 Å². The van der Waals surface area contributed by atoms with Crippen LogP contribution in [0.4, 0.5) is 0 Å². The number of carbonyl (C=O) groups is 1. The van der Waals surface area contributed by atoms with Gasteiger partial charge in [-0.2, -0.15) is 0 Å². The first-order valence-electron chi connectivity index (χ1n) is 5.87. The molecule has 1 aromatic carbocycles. The van der Waals surface area contributed by atoms with Gasteiger partial charge in [0.25, 0.3) is 0 Å². The van der Waals surface area contributed by atoms with E-state index in [1.54, 1.807) is 11.0 Å². The molecule has 1 rings (SSSR count). The fourth-order valence-corrected chi connectivity index (χ4v) is 1.86. The van der Waals surface area contributed by atoms with Crippen molar-refractivity contribution in [2.75, 3.05) is 27.2 Å². The number of nitrogens with one attached hydrogen (secondary N) is 1. The number of benzene rings is 1. The summed E-state index contributed by atoms with van der Waals surface area (Å²) >= 11 is 11.8. The molecule has 0 radical (unpaired) electrons. The summed E-state index contributed by atoms with van der Waals surface area (Å²) in [5.41, 5.74) is 1.03. The third-order valence-corrected chi connectivity index (χ3v) is 3.47. The van der Waals surface area contributed by atoms with E-state index in [4.69, 9.17) is 23.2 Å². The minimum absolute atomic E-state index is 0.135. The zero-order valence-corrected chi connectivity index (χ0v) is 12.2. The van der Waals surface area contributed by atoms with Crippen LogP contribution in [0.15, 0.2) is 18.2 Å². The highest BCUT2D eigenvalue weighted by Crippen LogP contribution is 2.23. The van der Waals surface area contributed by atoms with E-state index in [1.807, 2.05) is 26.2 Å². The molecule has 0 atom stereocenters. The molecule has 0 saturated heterocycles. The summed E-state index contributed by atoms with van der Waals surface area (Å²) in [7, 11) is 3.68. The van der Waals surface area contributed by atoms with Crippen molar-refractivity contribution in [1.29, 1.82) is 0 Å². The number of amides is 1. The first-order valence-corrected chi connectivity index (χ1v) is 6.62. The molecule has 0 saturated carbocycles. The number of hydrogen-bond donors (Lipinski definition) is 1. The summed E-state index contributed by atoms with van der Waals surface area (Å²) in [6.45, 7) is 1.52. The number of aryl methyl sites for hydroxylation is 1. The highest BCUT2D eigenvalue weighted by molar-refractivity contribution is 6.42. The van der Waals surface area contributed by atoms with Crippen LogP contribution in [0.3, 0.4) is 0 Å². The molecule has 0 unspecified atom stereocenters. The zero-order chi connectivity index (χ0) is 13.5. The van der Waals surface area contributed by atoms with Gasteiger partial charge in [-0.05, 0) is 31.2 Å². The topological polar surface area (TPSA) is 32.3 Å². The summed E-state index contributed by atoms with van der Waals surface area (Å²) in [6.07, 6.45) is 1.16. The number of carbonyl (C=O) groups excluding carboxylic acids is 1. The average Bonchev–Trinajstić information content (AvgIpc) is 2.36. The Morgan fingerprint density at radius 2 is 2.06 bits per heavy atom. The summed E-state index contributed by atoms with van der Waals surface area (Å²) in [6, 6.07) is 5.47. The van der Waals surface area contributed by atoms with Crippen LogP contribution in [0, 0.1) is 0 Å². The summed E-state index contributed by atoms with van der Waals surface area (Å²) in [5.74, 6) is 0.135. The van der Waals surface area contributed by atoms with E-state index in [9.17, 15) is 4.79 Å². The second-order valence-corrected chi connectivity index (χ2v) is 4.98. The van der Waals surface area contributed by atoms with Gasteiger partial charge in [0.05, 0.1) is 10.0 Å². The molecule has 0 fully saturated rings. The van der Waals surface area contributed by atoms with Gasteiger partial charge in [0.15, 0.2) is 0 Å². The van der Waals surface area contributed by atoms with Crippen LogP contribution in [0.5, 0.6) is 0 Å². The van der Waals surface area contributed by atoms with Crippen molar-refractivity contribution in [3.8, 4) is 0 Å². The Morgan fingerprint density at radius 1 is 1.33 bits per heavy atom. The Morgan fingerprint density at radius 3 is 2.67 bits per heavy atom. The van der Waals surface area contributed by atoms with Gasteiger partial charge in [-0.1, -0.05) is 29.3 Å². The van der Waals surface area contributed by atoms with E-state index in [-0.39, 0.29) is 5.91 Å². The lowest BCUT2D eigenvalue weighted by atomic mass is 10.1. The van der Waals surface area contributed by atoms with Crippen molar-refractivity contribution in [3.63, 3.8) is 0 Å². The maximum absolute atomic E-state index is 11.8. The molecule has 0 aliphatic rings. The molecule has 1 aromatic rings. The smallest absolute Gasteiger partial charge is 0.222 e. The highest BCUT2D eigenvalue weighted by atomic mass is 35.5. The summed E-state index contributed by atoms with van der Waals surface area (Å²) < 4.78 is 0. The third-order valence-electron chi connectivity index (χ3n) is 2.73. The molecule has 0 aromatic heterocycles. The Labute approximate surface area is 118 Å². The predicted molar refractivity (Wildman–Crippen MR) is 76.3 cm³/mol. The lowest BCUT2D eigenvalue weighted by Gasteiger charge is -2.16. The van der Waals surface area contributed by atoms with Crippen LogP contribution in [0.25, 0.3) is 0 Å². The van der Waals surface area contributed by atoms with Gasteiger partial charge in [-0.3, -0.25) is 4.79 Å². The second kappa shape index (κ2) is 7.62. The van der Waals surface area contributed by atoms with Crippen molar-refractivity contribution in [2.45, 2.75) is 12.8 Å². The molecule has 18 heavy (non-hydrogen) atoms. The number of rotatable bonds is 6. The Balaban J connectivity index is 2.44. The normalized spacial score (nSPS) is 10.4. The van der Waals surface area contributed by atoms with E-state index in [0.717, 1.165) is 18.7 Å². The van der Waals surface area contributed by atoms with Gasteiger partial charge >= 0.3 is 0 Å². The quantitative estimate of drug-likeness (QED) is 0.873. The molecule has 0 spiro atoms. The second-order valence-electron chi connectivity index (χ2n) is 4.17. The molecule has 1 N–H and O–H groups in total. The van der Waals surface area contributed by atoms with Gasteiger partial charge in [-0.25, -0.2) is 0 Å². The van der Waals surface area contributed by atoms with Crippen molar-refractivity contribution in [2.24, 2.45) is 0 Å². The molecule has 5 heteroatoms. The number of likely N-dealkylation sites (N-methyl/N-ethyl adjacent to an activating group) is 2. The Hall–Kier alpha value is -0.770. The summed E-state index contributed by atoms with van der Waals surface area (Å²) in [4.78, 5) is 13.5. The standard InChI is InChI=1S/C13H18Cl2N2O/c1-16-7-8-17(2)13(18)6-4-10-3-5-11(14)12(15)9-10/h3,5,9,16H,4,6-8H2,1-2H3. The van der Waals surface area contributed by atoms with E-state index >= 15 is 0 Å². The van der Waals surface area contributed by atoms with Crippen molar-refractivity contribution < 1.29 is 4.79 Å². The average molecular weight is 289 g/mol. The SMILES string of the molecule is CNCCN(C)C(=O)CCc1ccc(Cl)c(Cl)c1. The molecule has 0 heterocycles. The van der Waals surface area contributed by atoms with Crippen LogP contribution < -0.4 is 5.32 Å². The van der Waals surface area contributed by atoms with Gasteiger partial charge in [0, 0.05) is 26.6 Å². The minimum atomic E-state index is 0.135. The fraction of sp³-hybridized carbons (Fsp3) is 0.462.